The lowest BCUT2D eigenvalue weighted by Gasteiger charge is -2.02. The Labute approximate surface area is 117 Å². The molecule has 1 aromatic carbocycles. The maximum atomic E-state index is 5.68. The van der Waals surface area contributed by atoms with Crippen LogP contribution in [-0.4, -0.2) is 17.9 Å². The van der Waals surface area contributed by atoms with Crippen molar-refractivity contribution >= 4 is 28.1 Å². The standard InChI is InChI=1S/C14H17ClN2S/c1-16-14-17-13(10-18-14)12-7-5-11(6-8-12)4-2-3-9-15/h5-8,10H,2-4,9H2,1H3,(H,16,17). The van der Waals surface area contributed by atoms with Gasteiger partial charge < -0.3 is 5.32 Å². The van der Waals surface area contributed by atoms with E-state index in [2.05, 4.69) is 39.9 Å². The molecule has 0 amide bonds. The summed E-state index contributed by atoms with van der Waals surface area (Å²) in [5.41, 5.74) is 3.58. The molecule has 0 saturated carbocycles. The molecule has 1 aromatic heterocycles. The van der Waals surface area contributed by atoms with Gasteiger partial charge in [0.25, 0.3) is 0 Å². The molecule has 1 N–H and O–H groups in total. The van der Waals surface area contributed by atoms with Crippen LogP contribution in [0.15, 0.2) is 29.6 Å². The molecule has 2 rings (SSSR count). The fourth-order valence-corrected chi connectivity index (χ4v) is 2.66. The van der Waals surface area contributed by atoms with Crippen molar-refractivity contribution < 1.29 is 0 Å². The van der Waals surface area contributed by atoms with E-state index in [0.29, 0.717) is 0 Å². The number of rotatable bonds is 6. The van der Waals surface area contributed by atoms with Crippen molar-refractivity contribution in [3.8, 4) is 11.3 Å². The topological polar surface area (TPSA) is 24.9 Å². The highest BCUT2D eigenvalue weighted by molar-refractivity contribution is 7.14. The van der Waals surface area contributed by atoms with E-state index in [0.717, 1.165) is 36.0 Å². The molecule has 0 radical (unpaired) electrons. The third-order valence-corrected chi connectivity index (χ3v) is 3.94. The second kappa shape index (κ2) is 6.76. The van der Waals surface area contributed by atoms with Gasteiger partial charge >= 0.3 is 0 Å². The molecule has 0 aliphatic carbocycles. The van der Waals surface area contributed by atoms with Crippen molar-refractivity contribution in [3.63, 3.8) is 0 Å². The fourth-order valence-electron chi connectivity index (χ4n) is 1.79. The number of alkyl halides is 1. The Kier molecular flexibility index (Phi) is 5.02. The van der Waals surface area contributed by atoms with E-state index in [1.165, 1.54) is 11.1 Å². The highest BCUT2D eigenvalue weighted by Crippen LogP contribution is 2.24. The first kappa shape index (κ1) is 13.4. The summed E-state index contributed by atoms with van der Waals surface area (Å²) in [4.78, 5) is 4.49. The third kappa shape index (κ3) is 3.47. The average Bonchev–Trinajstić information content (AvgIpc) is 2.89. The summed E-state index contributed by atoms with van der Waals surface area (Å²) in [5.74, 6) is 0.754. The number of nitrogens with one attached hydrogen (secondary N) is 1. The molecular weight excluding hydrogens is 264 g/mol. The summed E-state index contributed by atoms with van der Waals surface area (Å²) in [5, 5.41) is 6.09. The second-order valence-electron chi connectivity index (χ2n) is 4.13. The number of hydrogen-bond donors (Lipinski definition) is 1. The predicted molar refractivity (Wildman–Crippen MR) is 80.8 cm³/mol. The molecule has 96 valence electrons. The lowest BCUT2D eigenvalue weighted by molar-refractivity contribution is 0.800. The minimum Gasteiger partial charge on any atom is -0.365 e. The van der Waals surface area contributed by atoms with Crippen molar-refractivity contribution in [2.45, 2.75) is 19.3 Å². The summed E-state index contributed by atoms with van der Waals surface area (Å²) < 4.78 is 0. The highest BCUT2D eigenvalue weighted by atomic mass is 35.5. The number of thiazole rings is 1. The van der Waals surface area contributed by atoms with Crippen LogP contribution in [-0.2, 0) is 6.42 Å². The molecule has 0 atom stereocenters. The van der Waals surface area contributed by atoms with E-state index in [4.69, 9.17) is 11.6 Å². The smallest absolute Gasteiger partial charge is 0.182 e. The van der Waals surface area contributed by atoms with Gasteiger partial charge in [-0.1, -0.05) is 24.3 Å². The predicted octanol–water partition coefficient (Wildman–Crippen LogP) is 4.41. The Balaban J connectivity index is 2.02. The maximum absolute atomic E-state index is 5.68. The first-order chi connectivity index (χ1) is 8.83. The van der Waals surface area contributed by atoms with Gasteiger partial charge in [0.2, 0.25) is 0 Å². The van der Waals surface area contributed by atoms with Gasteiger partial charge in [0.15, 0.2) is 5.13 Å². The van der Waals surface area contributed by atoms with Gasteiger partial charge in [-0.05, 0) is 24.8 Å². The van der Waals surface area contributed by atoms with Gasteiger partial charge in [0.05, 0.1) is 5.69 Å². The lowest BCUT2D eigenvalue weighted by atomic mass is 10.1. The van der Waals surface area contributed by atoms with Crippen LogP contribution in [0.25, 0.3) is 11.3 Å². The molecule has 0 unspecified atom stereocenters. The highest BCUT2D eigenvalue weighted by Gasteiger charge is 2.03. The van der Waals surface area contributed by atoms with Crippen molar-refractivity contribution in [1.29, 1.82) is 0 Å². The molecule has 0 saturated heterocycles. The number of halogens is 1. The van der Waals surface area contributed by atoms with Gasteiger partial charge in [0, 0.05) is 23.9 Å². The largest absolute Gasteiger partial charge is 0.365 e. The molecule has 4 heteroatoms. The minimum absolute atomic E-state index is 0.754. The fraction of sp³-hybridized carbons (Fsp3) is 0.357. The number of unbranched alkanes of at least 4 members (excludes halogenated alkanes) is 1. The molecule has 2 aromatic rings. The molecule has 0 aliphatic heterocycles. The third-order valence-electron chi connectivity index (χ3n) is 2.82. The van der Waals surface area contributed by atoms with Crippen LogP contribution in [0.5, 0.6) is 0 Å². The van der Waals surface area contributed by atoms with Crippen LogP contribution >= 0.6 is 22.9 Å². The van der Waals surface area contributed by atoms with Crippen LogP contribution < -0.4 is 5.32 Å². The SMILES string of the molecule is CNc1nc(-c2ccc(CCCCCl)cc2)cs1. The van der Waals surface area contributed by atoms with E-state index in [1.807, 2.05) is 7.05 Å². The Hall–Kier alpha value is -1.06. The number of hydrogen-bond acceptors (Lipinski definition) is 3. The Bertz CT molecular complexity index is 479. The van der Waals surface area contributed by atoms with Gasteiger partial charge in [0.1, 0.15) is 0 Å². The van der Waals surface area contributed by atoms with E-state index in [-0.39, 0.29) is 0 Å². The van der Waals surface area contributed by atoms with Gasteiger partial charge in [-0.15, -0.1) is 22.9 Å². The van der Waals surface area contributed by atoms with Crippen LogP contribution in [0.3, 0.4) is 0 Å². The zero-order valence-corrected chi connectivity index (χ0v) is 12.0. The Morgan fingerprint density at radius 1 is 1.22 bits per heavy atom. The van der Waals surface area contributed by atoms with Crippen molar-refractivity contribution in [2.75, 3.05) is 18.2 Å². The molecule has 0 bridgehead atoms. The summed E-state index contributed by atoms with van der Waals surface area (Å²) in [7, 11) is 1.89. The summed E-state index contributed by atoms with van der Waals surface area (Å²) in [6.07, 6.45) is 3.34. The maximum Gasteiger partial charge on any atom is 0.182 e. The lowest BCUT2D eigenvalue weighted by Crippen LogP contribution is -1.88. The van der Waals surface area contributed by atoms with E-state index >= 15 is 0 Å². The normalized spacial score (nSPS) is 10.6. The van der Waals surface area contributed by atoms with E-state index in [9.17, 15) is 0 Å². The number of aromatic nitrogens is 1. The number of anilines is 1. The van der Waals surface area contributed by atoms with Gasteiger partial charge in [-0.2, -0.15) is 0 Å². The molecular formula is C14H17ClN2S. The van der Waals surface area contributed by atoms with Gasteiger partial charge in [-0.25, -0.2) is 4.98 Å². The zero-order valence-electron chi connectivity index (χ0n) is 10.4. The van der Waals surface area contributed by atoms with Crippen molar-refractivity contribution in [1.82, 2.24) is 4.98 Å². The molecule has 0 aliphatic rings. The Morgan fingerprint density at radius 2 is 2.00 bits per heavy atom. The average molecular weight is 281 g/mol. The van der Waals surface area contributed by atoms with Crippen LogP contribution in [0.4, 0.5) is 5.13 Å². The monoisotopic (exact) mass is 280 g/mol. The minimum atomic E-state index is 0.754. The number of nitrogens with zero attached hydrogens (tertiary/aromatic N) is 1. The molecule has 18 heavy (non-hydrogen) atoms. The van der Waals surface area contributed by atoms with Crippen molar-refractivity contribution in [3.05, 3.63) is 35.2 Å². The summed E-state index contributed by atoms with van der Waals surface area (Å²) in [6, 6.07) is 8.65. The van der Waals surface area contributed by atoms with Crippen molar-refractivity contribution in [2.24, 2.45) is 0 Å². The van der Waals surface area contributed by atoms with Crippen LogP contribution in [0.2, 0.25) is 0 Å². The summed E-state index contributed by atoms with van der Waals surface area (Å²) >= 11 is 7.30. The molecule has 1 heterocycles. The quantitative estimate of drug-likeness (QED) is 0.626. The van der Waals surface area contributed by atoms with E-state index in [1.54, 1.807) is 11.3 Å². The molecule has 0 fully saturated rings. The van der Waals surface area contributed by atoms with E-state index < -0.39 is 0 Å². The number of aryl methyl sites for hydroxylation is 1. The molecule has 2 nitrogen and oxygen atoms in total. The second-order valence-corrected chi connectivity index (χ2v) is 5.37. The van der Waals surface area contributed by atoms with Crippen LogP contribution in [0.1, 0.15) is 18.4 Å². The zero-order chi connectivity index (χ0) is 12.8. The first-order valence-electron chi connectivity index (χ1n) is 6.12. The van der Waals surface area contributed by atoms with Crippen LogP contribution in [0, 0.1) is 0 Å². The number of benzene rings is 1. The Morgan fingerprint density at radius 3 is 2.61 bits per heavy atom. The first-order valence-corrected chi connectivity index (χ1v) is 7.53. The summed E-state index contributed by atoms with van der Waals surface area (Å²) in [6.45, 7) is 0. The van der Waals surface area contributed by atoms with Gasteiger partial charge in [-0.3, -0.25) is 0 Å². The molecule has 0 spiro atoms.